The first-order valence-electron chi connectivity index (χ1n) is 21.2. The Morgan fingerprint density at radius 2 is 0.960 bits per heavy atom. The van der Waals surface area contributed by atoms with Gasteiger partial charge in [0.15, 0.2) is 0 Å². The van der Waals surface area contributed by atoms with Gasteiger partial charge >= 0.3 is 0 Å². The molecule has 2 unspecified atom stereocenters. The van der Waals surface area contributed by atoms with Gasteiger partial charge in [0.2, 0.25) is 5.91 Å². The van der Waals surface area contributed by atoms with E-state index in [1.54, 1.807) is 0 Å². The highest BCUT2D eigenvalue weighted by molar-refractivity contribution is 7.85. The molecule has 0 aliphatic rings. The molecule has 1 amide bonds. The number of hydrogen-bond acceptors (Lipinski definition) is 4. The Labute approximate surface area is 310 Å². The normalized spacial score (nSPS) is 13.6. The molecule has 50 heavy (non-hydrogen) atoms. The molecule has 0 spiro atoms. The Morgan fingerprint density at radius 3 is 1.42 bits per heavy atom. The van der Waals surface area contributed by atoms with Crippen LogP contribution in [0.3, 0.4) is 0 Å². The number of hydrogen-bond donors (Lipinski definition) is 3. The summed E-state index contributed by atoms with van der Waals surface area (Å²) in [6.45, 7) is 4.42. The molecule has 0 aromatic rings. The Hall–Kier alpha value is -1.44. The maximum Gasteiger partial charge on any atom is 0.266 e. The Balaban J connectivity index is 3.85. The third kappa shape index (κ3) is 37.8. The van der Waals surface area contributed by atoms with Crippen molar-refractivity contribution in [1.82, 2.24) is 5.32 Å². The van der Waals surface area contributed by atoms with E-state index in [-0.39, 0.29) is 5.91 Å². The lowest BCUT2D eigenvalue weighted by atomic mass is 10.0. The van der Waals surface area contributed by atoms with Crippen molar-refractivity contribution in [2.75, 3.05) is 5.75 Å². The van der Waals surface area contributed by atoms with Gasteiger partial charge in [-0.2, -0.15) is 8.42 Å². The van der Waals surface area contributed by atoms with E-state index < -0.39 is 28.0 Å². The molecule has 3 N–H and O–H groups in total. The summed E-state index contributed by atoms with van der Waals surface area (Å²) in [6.07, 6.45) is 48.0. The number of aliphatic hydroxyl groups is 1. The maximum atomic E-state index is 12.5. The fourth-order valence-corrected chi connectivity index (χ4v) is 7.23. The van der Waals surface area contributed by atoms with Gasteiger partial charge in [-0.1, -0.05) is 198 Å². The average Bonchev–Trinajstić information content (AvgIpc) is 3.08. The molecule has 0 rings (SSSR count). The fourth-order valence-electron chi connectivity index (χ4n) is 6.47. The van der Waals surface area contributed by atoms with Crippen LogP contribution in [-0.2, 0) is 14.9 Å². The quantitative estimate of drug-likeness (QED) is 0.0334. The molecule has 0 radical (unpaired) electrons. The standard InChI is InChI=1S/C43H81NO5S/c1-3-5-7-9-11-13-15-17-19-21-23-24-26-28-30-32-34-36-38-42(45)41(40-50(47,48)49)44-43(46)39-37-35-33-31-29-27-25-22-20-18-16-14-12-10-8-6-4-2/h6,8,12,14,18,20,41-42,45H,3-5,7,9-11,13,15-17,19,21-40H2,1-2H3,(H,44,46)(H,47,48,49)/b8-6-,14-12-,20-18-. The lowest BCUT2D eigenvalue weighted by Gasteiger charge is -2.23. The second-order valence-corrected chi connectivity index (χ2v) is 16.1. The van der Waals surface area contributed by atoms with Gasteiger partial charge in [0.1, 0.15) is 0 Å². The highest BCUT2D eigenvalue weighted by atomic mass is 32.2. The van der Waals surface area contributed by atoms with Crippen LogP contribution < -0.4 is 5.32 Å². The molecular formula is C43H81NO5S. The SMILES string of the molecule is CC/C=C\C/C=C\C/C=C\CCCCCCCCCC(=O)NC(CS(=O)(=O)O)C(O)CCCCCCCCCCCCCCCCCCCC. The molecule has 0 saturated heterocycles. The first-order valence-corrected chi connectivity index (χ1v) is 22.8. The number of carbonyl (C=O) groups excluding carboxylic acids is 1. The molecule has 0 bridgehead atoms. The monoisotopic (exact) mass is 724 g/mol. The van der Waals surface area contributed by atoms with Crippen LogP contribution >= 0.6 is 0 Å². The van der Waals surface area contributed by atoms with Crippen LogP contribution in [0.4, 0.5) is 0 Å². The first-order chi connectivity index (χ1) is 24.3. The van der Waals surface area contributed by atoms with E-state index in [0.717, 1.165) is 70.6 Å². The lowest BCUT2D eigenvalue weighted by molar-refractivity contribution is -0.122. The van der Waals surface area contributed by atoms with Crippen LogP contribution in [-0.4, -0.2) is 41.9 Å². The van der Waals surface area contributed by atoms with Gasteiger partial charge in [0, 0.05) is 6.42 Å². The summed E-state index contributed by atoms with van der Waals surface area (Å²) >= 11 is 0. The summed E-state index contributed by atoms with van der Waals surface area (Å²) in [5, 5.41) is 13.4. The van der Waals surface area contributed by atoms with E-state index in [9.17, 15) is 22.9 Å². The minimum Gasteiger partial charge on any atom is -0.391 e. The van der Waals surface area contributed by atoms with E-state index >= 15 is 0 Å². The van der Waals surface area contributed by atoms with E-state index in [0.29, 0.717) is 12.8 Å². The molecule has 0 saturated carbocycles. The number of amides is 1. The molecule has 0 aromatic heterocycles. The number of carbonyl (C=O) groups is 1. The molecule has 0 heterocycles. The first kappa shape index (κ1) is 48.6. The van der Waals surface area contributed by atoms with Crippen molar-refractivity contribution in [2.24, 2.45) is 0 Å². The smallest absolute Gasteiger partial charge is 0.266 e. The van der Waals surface area contributed by atoms with E-state index in [1.807, 2.05) is 0 Å². The third-order valence-electron chi connectivity index (χ3n) is 9.61. The van der Waals surface area contributed by atoms with Crippen LogP contribution in [0.1, 0.15) is 213 Å². The predicted molar refractivity (Wildman–Crippen MR) is 216 cm³/mol. The van der Waals surface area contributed by atoms with Gasteiger partial charge in [-0.3, -0.25) is 9.35 Å². The molecule has 0 fully saturated rings. The van der Waals surface area contributed by atoms with E-state index in [2.05, 4.69) is 55.6 Å². The highest BCUT2D eigenvalue weighted by Crippen LogP contribution is 2.16. The van der Waals surface area contributed by atoms with Gasteiger partial charge in [-0.05, 0) is 44.9 Å². The third-order valence-corrected chi connectivity index (χ3v) is 10.4. The summed E-state index contributed by atoms with van der Waals surface area (Å²) in [5.74, 6) is -0.906. The molecule has 7 heteroatoms. The van der Waals surface area contributed by atoms with Crippen molar-refractivity contribution in [2.45, 2.75) is 225 Å². The maximum absolute atomic E-state index is 12.5. The number of rotatable bonds is 38. The Morgan fingerprint density at radius 1 is 0.560 bits per heavy atom. The van der Waals surface area contributed by atoms with Gasteiger partial charge in [-0.15, -0.1) is 0 Å². The predicted octanol–water partition coefficient (Wildman–Crippen LogP) is 12.5. The van der Waals surface area contributed by atoms with Crippen molar-refractivity contribution in [3.05, 3.63) is 36.5 Å². The number of aliphatic hydroxyl groups excluding tert-OH is 1. The van der Waals surface area contributed by atoms with Crippen LogP contribution in [0.25, 0.3) is 0 Å². The van der Waals surface area contributed by atoms with Crippen molar-refractivity contribution in [3.63, 3.8) is 0 Å². The van der Waals surface area contributed by atoms with Crippen molar-refractivity contribution in [3.8, 4) is 0 Å². The van der Waals surface area contributed by atoms with Gasteiger partial charge < -0.3 is 10.4 Å². The van der Waals surface area contributed by atoms with Gasteiger partial charge in [0.05, 0.1) is 17.9 Å². The van der Waals surface area contributed by atoms with Crippen molar-refractivity contribution < 1.29 is 22.9 Å². The van der Waals surface area contributed by atoms with Crippen molar-refractivity contribution in [1.29, 1.82) is 0 Å². The average molecular weight is 724 g/mol. The Bertz CT molecular complexity index is 930. The fraction of sp³-hybridized carbons (Fsp3) is 0.837. The summed E-state index contributed by atoms with van der Waals surface area (Å²) in [6, 6.07) is -0.976. The van der Waals surface area contributed by atoms with Crippen LogP contribution in [0.2, 0.25) is 0 Å². The molecule has 6 nitrogen and oxygen atoms in total. The molecule has 294 valence electrons. The highest BCUT2D eigenvalue weighted by Gasteiger charge is 2.26. The second kappa shape index (κ2) is 37.3. The van der Waals surface area contributed by atoms with E-state index in [4.69, 9.17) is 0 Å². The zero-order valence-electron chi connectivity index (χ0n) is 32.8. The number of nitrogens with one attached hydrogen (secondary N) is 1. The summed E-state index contributed by atoms with van der Waals surface area (Å²) in [5.41, 5.74) is 0. The summed E-state index contributed by atoms with van der Waals surface area (Å²) < 4.78 is 32.6. The zero-order valence-corrected chi connectivity index (χ0v) is 33.6. The largest absolute Gasteiger partial charge is 0.391 e. The van der Waals surface area contributed by atoms with Crippen LogP contribution in [0.15, 0.2) is 36.5 Å². The topological polar surface area (TPSA) is 104 Å². The molecule has 2 atom stereocenters. The van der Waals surface area contributed by atoms with Crippen molar-refractivity contribution >= 4 is 16.0 Å². The number of allylic oxidation sites excluding steroid dienone is 6. The zero-order chi connectivity index (χ0) is 36.8. The minimum absolute atomic E-state index is 0.255. The van der Waals surface area contributed by atoms with E-state index in [1.165, 1.54) is 116 Å². The minimum atomic E-state index is -4.31. The van der Waals surface area contributed by atoms with Gasteiger partial charge in [0.25, 0.3) is 10.1 Å². The van der Waals surface area contributed by atoms with Gasteiger partial charge in [-0.25, -0.2) is 0 Å². The second-order valence-electron chi connectivity index (χ2n) is 14.6. The molecular weight excluding hydrogens is 643 g/mol. The molecule has 0 aliphatic heterocycles. The molecule has 0 aromatic carbocycles. The van der Waals surface area contributed by atoms with Crippen LogP contribution in [0, 0.1) is 0 Å². The Kier molecular flexibility index (Phi) is 36.2. The molecule has 0 aliphatic carbocycles. The lowest BCUT2D eigenvalue weighted by Crippen LogP contribution is -2.47. The summed E-state index contributed by atoms with van der Waals surface area (Å²) in [4.78, 5) is 12.5. The number of unbranched alkanes of at least 4 members (excludes halogenated alkanes) is 24. The van der Waals surface area contributed by atoms with Crippen LogP contribution in [0.5, 0.6) is 0 Å². The summed E-state index contributed by atoms with van der Waals surface area (Å²) in [7, 11) is -4.31.